The second kappa shape index (κ2) is 5.01. The fraction of sp³-hybridized carbons (Fsp3) is 0.909. The summed E-state index contributed by atoms with van der Waals surface area (Å²) >= 11 is 0. The van der Waals surface area contributed by atoms with Crippen LogP contribution >= 0.6 is 0 Å². The van der Waals surface area contributed by atoms with Crippen molar-refractivity contribution < 1.29 is 14.6 Å². The highest BCUT2D eigenvalue weighted by atomic mass is 16.6. The van der Waals surface area contributed by atoms with Crippen LogP contribution in [-0.2, 0) is 4.74 Å². The molecule has 0 saturated carbocycles. The monoisotopic (exact) mass is 228 g/mol. The third-order valence-corrected chi connectivity index (χ3v) is 3.61. The Bertz CT molecular complexity index is 260. The van der Waals surface area contributed by atoms with Crippen LogP contribution in [0.15, 0.2) is 0 Å². The van der Waals surface area contributed by atoms with E-state index in [4.69, 9.17) is 9.84 Å². The number of aliphatic hydroxyl groups is 1. The van der Waals surface area contributed by atoms with Gasteiger partial charge in [-0.3, -0.25) is 4.90 Å². The molecule has 16 heavy (non-hydrogen) atoms. The summed E-state index contributed by atoms with van der Waals surface area (Å²) in [6.45, 7) is 2.09. The van der Waals surface area contributed by atoms with Crippen molar-refractivity contribution in [3.8, 4) is 0 Å². The Morgan fingerprint density at radius 3 is 2.94 bits per heavy atom. The maximum absolute atomic E-state index is 11.5. The van der Waals surface area contributed by atoms with E-state index in [0.29, 0.717) is 19.2 Å². The van der Waals surface area contributed by atoms with Gasteiger partial charge in [0.25, 0.3) is 0 Å². The topological polar surface area (TPSA) is 53.0 Å². The average Bonchev–Trinajstić information content (AvgIpc) is 2.63. The predicted octanol–water partition coefficient (Wildman–Crippen LogP) is 0.284. The van der Waals surface area contributed by atoms with Gasteiger partial charge in [0.15, 0.2) is 0 Å². The first-order valence-corrected chi connectivity index (χ1v) is 5.97. The quantitative estimate of drug-likeness (QED) is 0.754. The van der Waals surface area contributed by atoms with Gasteiger partial charge in [-0.25, -0.2) is 4.79 Å². The van der Waals surface area contributed by atoms with E-state index in [1.54, 1.807) is 4.90 Å². The molecule has 2 heterocycles. The zero-order chi connectivity index (χ0) is 11.5. The minimum Gasteiger partial charge on any atom is -0.447 e. The van der Waals surface area contributed by atoms with Gasteiger partial charge in [0, 0.05) is 12.6 Å². The van der Waals surface area contributed by atoms with E-state index in [9.17, 15) is 4.79 Å². The number of aliphatic hydroxyl groups excluding tert-OH is 1. The molecule has 1 N–H and O–H groups in total. The fourth-order valence-corrected chi connectivity index (χ4v) is 2.47. The molecule has 0 aromatic carbocycles. The SMILES string of the molecule is CN1CCCCC1CN1C(=O)OCC1CO. The van der Waals surface area contributed by atoms with Crippen molar-refractivity contribution in [1.82, 2.24) is 9.80 Å². The molecule has 0 aromatic rings. The second-order valence-corrected chi connectivity index (χ2v) is 4.70. The summed E-state index contributed by atoms with van der Waals surface area (Å²) in [6, 6.07) is 0.260. The molecule has 2 saturated heterocycles. The average molecular weight is 228 g/mol. The second-order valence-electron chi connectivity index (χ2n) is 4.70. The van der Waals surface area contributed by atoms with Gasteiger partial charge in [-0.15, -0.1) is 0 Å². The summed E-state index contributed by atoms with van der Waals surface area (Å²) in [5, 5.41) is 9.16. The highest BCUT2D eigenvalue weighted by molar-refractivity contribution is 5.70. The first-order valence-electron chi connectivity index (χ1n) is 5.97. The van der Waals surface area contributed by atoms with Crippen LogP contribution in [0.2, 0.25) is 0 Å². The Hall–Kier alpha value is -0.810. The van der Waals surface area contributed by atoms with E-state index in [1.165, 1.54) is 12.8 Å². The number of rotatable bonds is 3. The first kappa shape index (κ1) is 11.7. The highest BCUT2D eigenvalue weighted by Gasteiger charge is 2.35. The molecule has 0 aromatic heterocycles. The summed E-state index contributed by atoms with van der Waals surface area (Å²) in [7, 11) is 2.10. The lowest BCUT2D eigenvalue weighted by atomic mass is 10.0. The van der Waals surface area contributed by atoms with Gasteiger partial charge < -0.3 is 14.7 Å². The van der Waals surface area contributed by atoms with Crippen LogP contribution in [0.1, 0.15) is 19.3 Å². The summed E-state index contributed by atoms with van der Waals surface area (Å²) in [5.41, 5.74) is 0. The van der Waals surface area contributed by atoms with Crippen LogP contribution in [-0.4, -0.2) is 66.4 Å². The fourth-order valence-electron chi connectivity index (χ4n) is 2.47. The van der Waals surface area contributed by atoms with Gasteiger partial charge in [0.2, 0.25) is 0 Å². The normalized spacial score (nSPS) is 31.9. The molecule has 2 atom stereocenters. The zero-order valence-corrected chi connectivity index (χ0v) is 9.76. The number of carbonyl (C=O) groups excluding carboxylic acids is 1. The molecular weight excluding hydrogens is 208 g/mol. The smallest absolute Gasteiger partial charge is 0.410 e. The van der Waals surface area contributed by atoms with Crippen molar-refractivity contribution in [2.45, 2.75) is 31.3 Å². The minimum absolute atomic E-state index is 0.0117. The summed E-state index contributed by atoms with van der Waals surface area (Å²) in [5.74, 6) is 0. The number of likely N-dealkylation sites (N-methyl/N-ethyl adjacent to an activating group) is 1. The molecule has 2 aliphatic rings. The van der Waals surface area contributed by atoms with Crippen molar-refractivity contribution in [2.75, 3.05) is 33.4 Å². The molecule has 2 unspecified atom stereocenters. The van der Waals surface area contributed by atoms with Crippen LogP contribution in [0.5, 0.6) is 0 Å². The van der Waals surface area contributed by atoms with Gasteiger partial charge in [0.1, 0.15) is 6.61 Å². The number of piperidine rings is 1. The van der Waals surface area contributed by atoms with Gasteiger partial charge >= 0.3 is 6.09 Å². The first-order chi connectivity index (χ1) is 7.72. The number of hydrogen-bond acceptors (Lipinski definition) is 4. The molecule has 0 aliphatic carbocycles. The van der Waals surface area contributed by atoms with Gasteiger partial charge in [0.05, 0.1) is 12.6 Å². The minimum atomic E-state index is -0.280. The molecular formula is C11H20N2O3. The Balaban J connectivity index is 1.94. The Labute approximate surface area is 96.0 Å². The van der Waals surface area contributed by atoms with Crippen LogP contribution in [0.3, 0.4) is 0 Å². The number of hydrogen-bond donors (Lipinski definition) is 1. The highest BCUT2D eigenvalue weighted by Crippen LogP contribution is 2.19. The summed E-state index contributed by atoms with van der Waals surface area (Å²) in [4.78, 5) is 15.5. The molecule has 5 nitrogen and oxygen atoms in total. The maximum Gasteiger partial charge on any atom is 0.410 e. The number of nitrogens with zero attached hydrogens (tertiary/aromatic N) is 2. The van der Waals surface area contributed by atoms with Crippen molar-refractivity contribution in [2.24, 2.45) is 0 Å². The van der Waals surface area contributed by atoms with Crippen molar-refractivity contribution in [3.05, 3.63) is 0 Å². The Morgan fingerprint density at radius 1 is 1.44 bits per heavy atom. The third kappa shape index (κ3) is 2.30. The van der Waals surface area contributed by atoms with Crippen LogP contribution in [0, 0.1) is 0 Å². The Kier molecular flexibility index (Phi) is 3.66. The number of ether oxygens (including phenoxy) is 1. The molecule has 1 amide bonds. The van der Waals surface area contributed by atoms with Crippen molar-refractivity contribution >= 4 is 6.09 Å². The van der Waals surface area contributed by atoms with Gasteiger partial charge in [-0.1, -0.05) is 6.42 Å². The van der Waals surface area contributed by atoms with Crippen LogP contribution in [0.25, 0.3) is 0 Å². The molecule has 92 valence electrons. The van der Waals surface area contributed by atoms with Crippen molar-refractivity contribution in [3.63, 3.8) is 0 Å². The van der Waals surface area contributed by atoms with Gasteiger partial charge in [-0.05, 0) is 26.4 Å². The number of carbonyl (C=O) groups is 1. The molecule has 5 heteroatoms. The lowest BCUT2D eigenvalue weighted by Crippen LogP contribution is -2.48. The van der Waals surface area contributed by atoms with E-state index in [1.807, 2.05) is 0 Å². The lowest BCUT2D eigenvalue weighted by Gasteiger charge is -2.35. The molecule has 2 aliphatic heterocycles. The van der Waals surface area contributed by atoms with Gasteiger partial charge in [-0.2, -0.15) is 0 Å². The molecule has 2 rings (SSSR count). The van der Waals surface area contributed by atoms with E-state index in [0.717, 1.165) is 13.0 Å². The number of amides is 1. The van der Waals surface area contributed by atoms with Crippen molar-refractivity contribution in [1.29, 1.82) is 0 Å². The molecule has 0 spiro atoms. The third-order valence-electron chi connectivity index (χ3n) is 3.61. The van der Waals surface area contributed by atoms with E-state index in [2.05, 4.69) is 11.9 Å². The van der Waals surface area contributed by atoms with Crippen LogP contribution < -0.4 is 0 Å². The summed E-state index contributed by atoms with van der Waals surface area (Å²) in [6.07, 6.45) is 3.30. The molecule has 2 fully saturated rings. The van der Waals surface area contributed by atoms with E-state index < -0.39 is 0 Å². The van der Waals surface area contributed by atoms with E-state index >= 15 is 0 Å². The lowest BCUT2D eigenvalue weighted by molar-refractivity contribution is 0.109. The molecule has 0 radical (unpaired) electrons. The number of likely N-dealkylation sites (tertiary alicyclic amines) is 1. The van der Waals surface area contributed by atoms with Crippen LogP contribution in [0.4, 0.5) is 4.79 Å². The standard InChI is InChI=1S/C11H20N2O3/c1-12-5-3-2-4-9(12)6-13-10(7-14)8-16-11(13)15/h9-10,14H,2-8H2,1H3. The largest absolute Gasteiger partial charge is 0.447 e. The number of cyclic esters (lactones) is 1. The zero-order valence-electron chi connectivity index (χ0n) is 9.76. The Morgan fingerprint density at radius 2 is 2.25 bits per heavy atom. The molecule has 0 bridgehead atoms. The summed E-state index contributed by atoms with van der Waals surface area (Å²) < 4.78 is 4.95. The maximum atomic E-state index is 11.5. The van der Waals surface area contributed by atoms with E-state index in [-0.39, 0.29) is 18.7 Å². The predicted molar refractivity (Wildman–Crippen MR) is 59.2 cm³/mol.